The molecule has 0 aliphatic heterocycles. The maximum absolute atomic E-state index is 10.5. The summed E-state index contributed by atoms with van der Waals surface area (Å²) in [5.41, 5.74) is -0.569. The Hall–Kier alpha value is -0.560. The number of hydrogen-bond donors (Lipinski definition) is 1. The second kappa shape index (κ2) is 5.35. The Labute approximate surface area is 87.5 Å². The number of aliphatic hydroxyl groups is 1. The lowest BCUT2D eigenvalue weighted by Crippen LogP contribution is -2.36. The topological polar surface area (TPSA) is 20.2 Å². The van der Waals surface area contributed by atoms with E-state index in [0.29, 0.717) is 5.92 Å². The Morgan fingerprint density at radius 3 is 2.64 bits per heavy atom. The molecule has 1 N–H and O–H groups in total. The van der Waals surface area contributed by atoms with E-state index in [1.807, 2.05) is 12.2 Å². The largest absolute Gasteiger partial charge is 0.385 e. The number of hydrogen-bond acceptors (Lipinski definition) is 1. The molecular formula is C13H22O. The van der Waals surface area contributed by atoms with Crippen LogP contribution in [0.1, 0.15) is 46.0 Å². The van der Waals surface area contributed by atoms with Crippen LogP contribution >= 0.6 is 0 Å². The quantitative estimate of drug-likeness (QED) is 0.710. The molecule has 0 aromatic carbocycles. The maximum atomic E-state index is 10.5. The Morgan fingerprint density at radius 2 is 2.00 bits per heavy atom. The van der Waals surface area contributed by atoms with Crippen LogP contribution in [0.5, 0.6) is 0 Å². The smallest absolute Gasteiger partial charge is 0.0893 e. The standard InChI is InChI=1S/C13H22O/c1-3-5-10-13(14)11-7-6-9-12(13)8-4-2/h6-7,9,11-12,14H,3-5,8,10H2,1-2H3. The van der Waals surface area contributed by atoms with Gasteiger partial charge in [-0.1, -0.05) is 57.4 Å². The third kappa shape index (κ3) is 2.71. The van der Waals surface area contributed by atoms with Crippen molar-refractivity contribution in [2.24, 2.45) is 5.92 Å². The van der Waals surface area contributed by atoms with Crippen LogP contribution in [-0.4, -0.2) is 10.7 Å². The van der Waals surface area contributed by atoms with Crippen LogP contribution in [0, 0.1) is 5.92 Å². The van der Waals surface area contributed by atoms with Crippen molar-refractivity contribution in [3.05, 3.63) is 24.3 Å². The molecule has 1 rings (SSSR count). The molecule has 1 nitrogen and oxygen atoms in total. The zero-order valence-electron chi connectivity index (χ0n) is 9.37. The van der Waals surface area contributed by atoms with E-state index in [1.165, 1.54) is 0 Å². The number of allylic oxidation sites excluding steroid dienone is 2. The van der Waals surface area contributed by atoms with Crippen molar-refractivity contribution in [3.63, 3.8) is 0 Å². The van der Waals surface area contributed by atoms with E-state index in [1.54, 1.807) is 0 Å². The average molecular weight is 194 g/mol. The normalized spacial score (nSPS) is 30.9. The van der Waals surface area contributed by atoms with Crippen LogP contribution in [0.25, 0.3) is 0 Å². The van der Waals surface area contributed by atoms with Gasteiger partial charge in [0.1, 0.15) is 0 Å². The van der Waals surface area contributed by atoms with E-state index in [4.69, 9.17) is 0 Å². The van der Waals surface area contributed by atoms with Crippen molar-refractivity contribution in [2.45, 2.75) is 51.6 Å². The summed E-state index contributed by atoms with van der Waals surface area (Å²) in [5.74, 6) is 0.323. The molecule has 0 saturated carbocycles. The van der Waals surface area contributed by atoms with E-state index in [2.05, 4.69) is 26.0 Å². The maximum Gasteiger partial charge on any atom is 0.0893 e. The Bertz CT molecular complexity index is 217. The highest BCUT2D eigenvalue weighted by atomic mass is 16.3. The molecule has 0 aromatic heterocycles. The molecule has 2 atom stereocenters. The summed E-state index contributed by atoms with van der Waals surface area (Å²) in [4.78, 5) is 0. The highest BCUT2D eigenvalue weighted by Crippen LogP contribution is 2.32. The molecule has 0 bridgehead atoms. The van der Waals surface area contributed by atoms with Gasteiger partial charge in [-0.15, -0.1) is 0 Å². The van der Waals surface area contributed by atoms with E-state index in [-0.39, 0.29) is 0 Å². The number of rotatable bonds is 5. The Morgan fingerprint density at radius 1 is 1.21 bits per heavy atom. The summed E-state index contributed by atoms with van der Waals surface area (Å²) in [7, 11) is 0. The zero-order chi connectivity index (χ0) is 10.4. The van der Waals surface area contributed by atoms with Gasteiger partial charge in [-0.05, 0) is 12.8 Å². The lowest BCUT2D eigenvalue weighted by atomic mass is 9.78. The molecule has 0 amide bonds. The lowest BCUT2D eigenvalue weighted by Gasteiger charge is -2.33. The lowest BCUT2D eigenvalue weighted by molar-refractivity contribution is 0.0320. The van der Waals surface area contributed by atoms with Gasteiger partial charge in [-0.2, -0.15) is 0 Å². The highest BCUT2D eigenvalue weighted by Gasteiger charge is 2.32. The van der Waals surface area contributed by atoms with E-state index < -0.39 is 5.60 Å². The van der Waals surface area contributed by atoms with Crippen molar-refractivity contribution in [1.82, 2.24) is 0 Å². The SMILES string of the molecule is CCCCC1(O)C=CC=CC1CCC. The van der Waals surface area contributed by atoms with Crippen LogP contribution < -0.4 is 0 Å². The molecule has 14 heavy (non-hydrogen) atoms. The average Bonchev–Trinajstić information content (AvgIpc) is 2.19. The fourth-order valence-corrected chi connectivity index (χ4v) is 2.10. The molecule has 1 aliphatic carbocycles. The van der Waals surface area contributed by atoms with Gasteiger partial charge in [0.25, 0.3) is 0 Å². The highest BCUT2D eigenvalue weighted by molar-refractivity contribution is 5.21. The summed E-state index contributed by atoms with van der Waals surface area (Å²) >= 11 is 0. The summed E-state index contributed by atoms with van der Waals surface area (Å²) in [6, 6.07) is 0. The molecule has 0 radical (unpaired) electrons. The molecule has 2 unspecified atom stereocenters. The van der Waals surface area contributed by atoms with E-state index in [0.717, 1.165) is 32.1 Å². The monoisotopic (exact) mass is 194 g/mol. The van der Waals surface area contributed by atoms with Gasteiger partial charge < -0.3 is 5.11 Å². The van der Waals surface area contributed by atoms with E-state index in [9.17, 15) is 5.11 Å². The summed E-state index contributed by atoms with van der Waals surface area (Å²) in [6.07, 6.45) is 13.5. The first-order valence-corrected chi connectivity index (χ1v) is 5.81. The molecule has 0 aromatic rings. The minimum absolute atomic E-state index is 0.323. The second-order valence-corrected chi connectivity index (χ2v) is 4.23. The first-order valence-electron chi connectivity index (χ1n) is 5.81. The third-order valence-electron chi connectivity index (χ3n) is 3.01. The van der Waals surface area contributed by atoms with Crippen LogP contribution in [0.4, 0.5) is 0 Å². The van der Waals surface area contributed by atoms with Gasteiger partial charge in [-0.25, -0.2) is 0 Å². The van der Waals surface area contributed by atoms with Crippen LogP contribution in [0.15, 0.2) is 24.3 Å². The zero-order valence-corrected chi connectivity index (χ0v) is 9.37. The fourth-order valence-electron chi connectivity index (χ4n) is 2.10. The second-order valence-electron chi connectivity index (χ2n) is 4.23. The Balaban J connectivity index is 2.61. The van der Waals surface area contributed by atoms with Crippen molar-refractivity contribution < 1.29 is 5.11 Å². The minimum atomic E-state index is -0.569. The predicted octanol–water partition coefficient (Wildman–Crippen LogP) is 3.45. The van der Waals surface area contributed by atoms with Crippen molar-refractivity contribution in [3.8, 4) is 0 Å². The van der Waals surface area contributed by atoms with E-state index >= 15 is 0 Å². The molecule has 1 aliphatic rings. The molecule has 0 fully saturated rings. The van der Waals surface area contributed by atoms with Crippen LogP contribution in [0.2, 0.25) is 0 Å². The van der Waals surface area contributed by atoms with Gasteiger partial charge in [-0.3, -0.25) is 0 Å². The summed E-state index contributed by atoms with van der Waals surface area (Å²) in [6.45, 7) is 4.34. The van der Waals surface area contributed by atoms with Crippen LogP contribution in [-0.2, 0) is 0 Å². The fraction of sp³-hybridized carbons (Fsp3) is 0.692. The first kappa shape index (κ1) is 11.5. The van der Waals surface area contributed by atoms with Gasteiger partial charge in [0.15, 0.2) is 0 Å². The van der Waals surface area contributed by atoms with Gasteiger partial charge in [0.2, 0.25) is 0 Å². The molecule has 0 saturated heterocycles. The summed E-state index contributed by atoms with van der Waals surface area (Å²) in [5, 5.41) is 10.5. The van der Waals surface area contributed by atoms with Crippen molar-refractivity contribution >= 4 is 0 Å². The van der Waals surface area contributed by atoms with Gasteiger partial charge >= 0.3 is 0 Å². The third-order valence-corrected chi connectivity index (χ3v) is 3.01. The molecule has 1 heteroatoms. The molecule has 80 valence electrons. The van der Waals surface area contributed by atoms with Gasteiger partial charge in [0.05, 0.1) is 5.60 Å². The van der Waals surface area contributed by atoms with Crippen LogP contribution in [0.3, 0.4) is 0 Å². The number of unbranched alkanes of at least 4 members (excludes halogenated alkanes) is 1. The summed E-state index contributed by atoms with van der Waals surface area (Å²) < 4.78 is 0. The molecule has 0 heterocycles. The van der Waals surface area contributed by atoms with Gasteiger partial charge in [0, 0.05) is 5.92 Å². The molecular weight excluding hydrogens is 172 g/mol. The first-order chi connectivity index (χ1) is 6.73. The van der Waals surface area contributed by atoms with Crippen molar-refractivity contribution in [1.29, 1.82) is 0 Å². The van der Waals surface area contributed by atoms with Crippen molar-refractivity contribution in [2.75, 3.05) is 0 Å². The minimum Gasteiger partial charge on any atom is -0.385 e. The molecule has 0 spiro atoms. The predicted molar refractivity (Wildman–Crippen MR) is 61.2 cm³/mol. The Kier molecular flexibility index (Phi) is 4.40.